The first-order chi connectivity index (χ1) is 11.3. The highest BCUT2D eigenvalue weighted by Crippen LogP contribution is 2.57. The summed E-state index contributed by atoms with van der Waals surface area (Å²) in [7, 11) is 0. The molecule has 0 aliphatic heterocycles. The van der Waals surface area contributed by atoms with E-state index >= 15 is 0 Å². The van der Waals surface area contributed by atoms with Crippen molar-refractivity contribution in [1.29, 1.82) is 0 Å². The van der Waals surface area contributed by atoms with E-state index in [1.54, 1.807) is 11.1 Å². The molecule has 1 heteroatoms. The van der Waals surface area contributed by atoms with Gasteiger partial charge < -0.3 is 0 Å². The van der Waals surface area contributed by atoms with Gasteiger partial charge in [-0.15, -0.1) is 0 Å². The first-order valence-electron chi connectivity index (χ1n) is 8.63. The van der Waals surface area contributed by atoms with E-state index in [-0.39, 0.29) is 5.41 Å². The molecule has 5 rings (SSSR count). The molecule has 1 spiro atoms. The van der Waals surface area contributed by atoms with Crippen molar-refractivity contribution in [3.05, 3.63) is 69.3 Å². The molecule has 114 valence electrons. The van der Waals surface area contributed by atoms with E-state index in [1.165, 1.54) is 57.6 Å². The predicted octanol–water partition coefficient (Wildman–Crippen LogP) is 6.68. The second kappa shape index (κ2) is 5.07. The zero-order valence-electron chi connectivity index (χ0n) is 13.1. The average molecular weight is 410 g/mol. The summed E-state index contributed by atoms with van der Waals surface area (Å²) in [6.45, 7) is 0. The first-order valence-corrected chi connectivity index (χ1v) is 9.71. The third kappa shape index (κ3) is 1.83. The molecule has 0 unspecified atom stereocenters. The summed E-state index contributed by atoms with van der Waals surface area (Å²) in [6, 6.07) is 20.6. The van der Waals surface area contributed by atoms with E-state index < -0.39 is 0 Å². The minimum Gasteiger partial charge on any atom is -0.0619 e. The maximum atomic E-state index is 2.53. The van der Waals surface area contributed by atoms with E-state index in [2.05, 4.69) is 77.2 Å². The lowest BCUT2D eigenvalue weighted by atomic mass is 9.68. The second-order valence-electron chi connectivity index (χ2n) is 7.01. The molecule has 0 atom stereocenters. The molecule has 23 heavy (non-hydrogen) atoms. The molecule has 1 fully saturated rings. The lowest BCUT2D eigenvalue weighted by Crippen LogP contribution is -2.28. The fourth-order valence-corrected chi connectivity index (χ4v) is 5.74. The van der Waals surface area contributed by atoms with Crippen LogP contribution in [0.5, 0.6) is 0 Å². The Labute approximate surface area is 151 Å². The van der Waals surface area contributed by atoms with Crippen LogP contribution in [0.15, 0.2) is 54.6 Å². The third-order valence-corrected chi connectivity index (χ3v) is 6.82. The topological polar surface area (TPSA) is 0 Å². The molecular weight excluding hydrogens is 391 g/mol. The maximum absolute atomic E-state index is 2.53. The standard InChI is InChI=1S/C22H19I/c23-20-14-19-21(16-9-3-2-8-15(16)20)17-10-4-5-11-18(17)22(19)12-6-1-7-13-22/h2-5,8-11,14H,1,6-7,12-13H2. The SMILES string of the molecule is Ic1cc2c(c3ccccc13)-c1ccccc1C21CCCCC1. The van der Waals surface area contributed by atoms with Gasteiger partial charge in [0.1, 0.15) is 0 Å². The van der Waals surface area contributed by atoms with Crippen molar-refractivity contribution in [1.82, 2.24) is 0 Å². The molecule has 2 aliphatic carbocycles. The van der Waals surface area contributed by atoms with Crippen LogP contribution in [-0.4, -0.2) is 0 Å². The van der Waals surface area contributed by atoms with Crippen LogP contribution in [0, 0.1) is 3.57 Å². The van der Waals surface area contributed by atoms with Crippen molar-refractivity contribution < 1.29 is 0 Å². The molecule has 0 saturated heterocycles. The van der Waals surface area contributed by atoms with E-state index in [9.17, 15) is 0 Å². The summed E-state index contributed by atoms with van der Waals surface area (Å²) in [5, 5.41) is 2.83. The Kier molecular flexibility index (Phi) is 3.09. The van der Waals surface area contributed by atoms with Crippen LogP contribution in [-0.2, 0) is 5.41 Å². The molecule has 3 aromatic carbocycles. The second-order valence-corrected chi connectivity index (χ2v) is 8.18. The Hall–Kier alpha value is -1.35. The average Bonchev–Trinajstić information content (AvgIpc) is 2.87. The lowest BCUT2D eigenvalue weighted by Gasteiger charge is -2.36. The van der Waals surface area contributed by atoms with Crippen LogP contribution in [0.3, 0.4) is 0 Å². The number of rotatable bonds is 0. The van der Waals surface area contributed by atoms with Crippen molar-refractivity contribution in [3.8, 4) is 11.1 Å². The highest BCUT2D eigenvalue weighted by Gasteiger charge is 2.44. The molecule has 0 aromatic heterocycles. The van der Waals surface area contributed by atoms with E-state index in [1.807, 2.05) is 0 Å². The van der Waals surface area contributed by atoms with Gasteiger partial charge in [-0.3, -0.25) is 0 Å². The van der Waals surface area contributed by atoms with Crippen molar-refractivity contribution in [2.24, 2.45) is 0 Å². The van der Waals surface area contributed by atoms with E-state index in [4.69, 9.17) is 0 Å². The minimum absolute atomic E-state index is 0.272. The van der Waals surface area contributed by atoms with Gasteiger partial charge in [0.2, 0.25) is 0 Å². The number of fused-ring (bicyclic) bond motifs is 7. The molecule has 2 aliphatic rings. The zero-order chi connectivity index (χ0) is 15.4. The Morgan fingerprint density at radius 3 is 2.26 bits per heavy atom. The van der Waals surface area contributed by atoms with Gasteiger partial charge in [0, 0.05) is 8.99 Å². The summed E-state index contributed by atoms with van der Waals surface area (Å²) < 4.78 is 1.40. The van der Waals surface area contributed by atoms with Gasteiger partial charge in [-0.1, -0.05) is 67.8 Å². The van der Waals surface area contributed by atoms with Gasteiger partial charge in [-0.05, 0) is 74.5 Å². The highest BCUT2D eigenvalue weighted by atomic mass is 127. The quantitative estimate of drug-likeness (QED) is 0.363. The van der Waals surface area contributed by atoms with Crippen LogP contribution in [0.2, 0.25) is 0 Å². The van der Waals surface area contributed by atoms with Crippen LogP contribution in [0.1, 0.15) is 43.2 Å². The zero-order valence-corrected chi connectivity index (χ0v) is 15.3. The Morgan fingerprint density at radius 1 is 0.739 bits per heavy atom. The minimum atomic E-state index is 0.272. The fraction of sp³-hybridized carbons (Fsp3) is 0.273. The molecule has 3 aromatic rings. The van der Waals surface area contributed by atoms with Gasteiger partial charge in [0.25, 0.3) is 0 Å². The van der Waals surface area contributed by atoms with Crippen molar-refractivity contribution in [2.45, 2.75) is 37.5 Å². The van der Waals surface area contributed by atoms with E-state index in [0.29, 0.717) is 0 Å². The monoisotopic (exact) mass is 410 g/mol. The lowest BCUT2D eigenvalue weighted by molar-refractivity contribution is 0.353. The Balaban J connectivity index is 1.94. The molecule has 1 saturated carbocycles. The smallest absolute Gasteiger partial charge is 0.0215 e. The number of hydrogen-bond donors (Lipinski definition) is 0. The summed E-state index contributed by atoms with van der Waals surface area (Å²) in [5.41, 5.74) is 6.45. The van der Waals surface area contributed by atoms with Crippen LogP contribution >= 0.6 is 22.6 Å². The maximum Gasteiger partial charge on any atom is 0.0215 e. The molecule has 0 N–H and O–H groups in total. The van der Waals surface area contributed by atoms with E-state index in [0.717, 1.165) is 0 Å². The predicted molar refractivity (Wildman–Crippen MR) is 106 cm³/mol. The van der Waals surface area contributed by atoms with Crippen molar-refractivity contribution >= 4 is 33.4 Å². The van der Waals surface area contributed by atoms with Gasteiger partial charge in [0.15, 0.2) is 0 Å². The largest absolute Gasteiger partial charge is 0.0619 e. The summed E-state index contributed by atoms with van der Waals surface area (Å²) >= 11 is 2.53. The third-order valence-electron chi connectivity index (χ3n) is 5.93. The summed E-state index contributed by atoms with van der Waals surface area (Å²) in [6.07, 6.45) is 6.73. The molecule has 0 heterocycles. The van der Waals surface area contributed by atoms with Crippen LogP contribution < -0.4 is 0 Å². The summed E-state index contributed by atoms with van der Waals surface area (Å²) in [5.74, 6) is 0. The molecule has 0 amide bonds. The van der Waals surface area contributed by atoms with Gasteiger partial charge >= 0.3 is 0 Å². The molecule has 0 nitrogen and oxygen atoms in total. The highest BCUT2D eigenvalue weighted by molar-refractivity contribution is 14.1. The first kappa shape index (κ1) is 14.0. The Bertz CT molecular complexity index is 916. The van der Waals surface area contributed by atoms with Crippen molar-refractivity contribution in [3.63, 3.8) is 0 Å². The van der Waals surface area contributed by atoms with Gasteiger partial charge in [-0.2, -0.15) is 0 Å². The number of hydrogen-bond acceptors (Lipinski definition) is 0. The van der Waals surface area contributed by atoms with Crippen molar-refractivity contribution in [2.75, 3.05) is 0 Å². The number of halogens is 1. The molecular formula is C22H19I. The summed E-state index contributed by atoms with van der Waals surface area (Å²) in [4.78, 5) is 0. The Morgan fingerprint density at radius 2 is 1.43 bits per heavy atom. The normalized spacial score (nSPS) is 18.1. The van der Waals surface area contributed by atoms with Crippen LogP contribution in [0.25, 0.3) is 21.9 Å². The van der Waals surface area contributed by atoms with Gasteiger partial charge in [-0.25, -0.2) is 0 Å². The molecule has 0 bridgehead atoms. The van der Waals surface area contributed by atoms with Gasteiger partial charge in [0.05, 0.1) is 0 Å². The van der Waals surface area contributed by atoms with Crippen LogP contribution in [0.4, 0.5) is 0 Å². The fourth-order valence-electron chi connectivity index (χ4n) is 4.96. The molecule has 0 radical (unpaired) electrons. The number of benzene rings is 3.